The van der Waals surface area contributed by atoms with E-state index in [4.69, 9.17) is 25.8 Å². The van der Waals surface area contributed by atoms with Gasteiger partial charge < -0.3 is 19.5 Å². The van der Waals surface area contributed by atoms with Gasteiger partial charge in [0.2, 0.25) is 0 Å². The van der Waals surface area contributed by atoms with Gasteiger partial charge in [-0.25, -0.2) is 4.39 Å². The van der Waals surface area contributed by atoms with E-state index in [0.717, 1.165) is 51.4 Å². The van der Waals surface area contributed by atoms with Gasteiger partial charge in [0.05, 0.1) is 19.2 Å². The zero-order valence-electron chi connectivity index (χ0n) is 17.4. The van der Waals surface area contributed by atoms with Crippen LogP contribution in [0, 0.1) is 5.82 Å². The van der Waals surface area contributed by atoms with Gasteiger partial charge in [-0.3, -0.25) is 0 Å². The Kier molecular flexibility index (Phi) is 8.58. The maximum absolute atomic E-state index is 13.2. The van der Waals surface area contributed by atoms with Crippen molar-refractivity contribution >= 4 is 27.5 Å². The minimum Gasteiger partial charge on any atom is -0.493 e. The molecule has 0 spiro atoms. The van der Waals surface area contributed by atoms with Crippen LogP contribution in [0.4, 0.5) is 4.39 Å². The summed E-state index contributed by atoms with van der Waals surface area (Å²) < 4.78 is 30.8. The molecule has 0 heterocycles. The van der Waals surface area contributed by atoms with Crippen LogP contribution in [0.2, 0.25) is 5.02 Å². The van der Waals surface area contributed by atoms with Crippen molar-refractivity contribution in [2.45, 2.75) is 19.6 Å². The fourth-order valence-electron chi connectivity index (χ4n) is 3.11. The molecular weight excluding hydrogens is 485 g/mol. The Hall–Kier alpha value is -2.28. The van der Waals surface area contributed by atoms with E-state index >= 15 is 0 Å². The monoisotopic (exact) mass is 507 g/mol. The second kappa shape index (κ2) is 11.4. The van der Waals surface area contributed by atoms with Crippen LogP contribution in [-0.4, -0.2) is 20.8 Å². The standard InChI is InChI=1S/C24H24BrClFNO3/c1-29-23-7-3-16(11-24(23)30-2)9-10-28-14-18-12-19(25)5-8-22(18)31-15-17-4-6-20(27)13-21(17)26/h3-8,11-13,28H,9-10,14-15H2,1-2H3. The summed E-state index contributed by atoms with van der Waals surface area (Å²) in [6.45, 7) is 1.68. The number of methoxy groups -OCH3 is 2. The first-order valence-electron chi connectivity index (χ1n) is 9.77. The van der Waals surface area contributed by atoms with Gasteiger partial charge in [0, 0.05) is 22.1 Å². The highest BCUT2D eigenvalue weighted by Gasteiger charge is 2.09. The molecule has 4 nitrogen and oxygen atoms in total. The number of hydrogen-bond acceptors (Lipinski definition) is 4. The van der Waals surface area contributed by atoms with E-state index in [2.05, 4.69) is 21.2 Å². The fourth-order valence-corrected chi connectivity index (χ4v) is 3.74. The van der Waals surface area contributed by atoms with Crippen molar-refractivity contribution in [2.75, 3.05) is 20.8 Å². The summed E-state index contributed by atoms with van der Waals surface area (Å²) in [6.07, 6.45) is 0.843. The first kappa shape index (κ1) is 23.4. The van der Waals surface area contributed by atoms with Gasteiger partial charge in [-0.05, 0) is 61.0 Å². The van der Waals surface area contributed by atoms with Crippen molar-refractivity contribution in [3.63, 3.8) is 0 Å². The fraction of sp³-hybridized carbons (Fsp3) is 0.250. The Balaban J connectivity index is 1.58. The zero-order valence-corrected chi connectivity index (χ0v) is 19.7. The maximum Gasteiger partial charge on any atom is 0.160 e. The smallest absolute Gasteiger partial charge is 0.160 e. The number of hydrogen-bond donors (Lipinski definition) is 1. The van der Waals surface area contributed by atoms with Gasteiger partial charge in [-0.15, -0.1) is 0 Å². The molecule has 0 unspecified atom stereocenters. The van der Waals surface area contributed by atoms with Gasteiger partial charge in [-0.2, -0.15) is 0 Å². The van der Waals surface area contributed by atoms with Crippen molar-refractivity contribution in [1.29, 1.82) is 0 Å². The molecule has 3 rings (SSSR count). The average Bonchev–Trinajstić information content (AvgIpc) is 2.77. The first-order valence-corrected chi connectivity index (χ1v) is 10.9. The van der Waals surface area contributed by atoms with E-state index in [1.807, 2.05) is 36.4 Å². The Labute approximate surface area is 195 Å². The molecule has 164 valence electrons. The SMILES string of the molecule is COc1ccc(CCNCc2cc(Br)ccc2OCc2ccc(F)cc2Cl)cc1OC. The molecular formula is C24H24BrClFNO3. The Morgan fingerprint density at radius 2 is 1.68 bits per heavy atom. The number of halogens is 3. The molecule has 0 aliphatic rings. The van der Waals surface area contributed by atoms with E-state index in [9.17, 15) is 4.39 Å². The summed E-state index contributed by atoms with van der Waals surface area (Å²) in [5, 5.41) is 3.81. The summed E-state index contributed by atoms with van der Waals surface area (Å²) in [7, 11) is 3.26. The molecule has 0 saturated heterocycles. The van der Waals surface area contributed by atoms with Crippen molar-refractivity contribution in [1.82, 2.24) is 5.32 Å². The third kappa shape index (κ3) is 6.60. The lowest BCUT2D eigenvalue weighted by Gasteiger charge is -2.14. The van der Waals surface area contributed by atoms with Gasteiger partial charge >= 0.3 is 0 Å². The highest BCUT2D eigenvalue weighted by Crippen LogP contribution is 2.28. The lowest BCUT2D eigenvalue weighted by atomic mass is 10.1. The Morgan fingerprint density at radius 1 is 0.903 bits per heavy atom. The third-order valence-corrected chi connectivity index (χ3v) is 5.62. The van der Waals surface area contributed by atoms with Crippen LogP contribution >= 0.6 is 27.5 Å². The molecule has 0 atom stereocenters. The second-order valence-corrected chi connectivity index (χ2v) is 8.22. The van der Waals surface area contributed by atoms with E-state index in [1.165, 1.54) is 12.1 Å². The molecule has 31 heavy (non-hydrogen) atoms. The zero-order chi connectivity index (χ0) is 22.2. The number of ether oxygens (including phenoxy) is 3. The molecule has 0 bridgehead atoms. The molecule has 0 aliphatic carbocycles. The lowest BCUT2D eigenvalue weighted by Crippen LogP contribution is -2.17. The third-order valence-electron chi connectivity index (χ3n) is 4.77. The largest absolute Gasteiger partial charge is 0.493 e. The summed E-state index contributed by atoms with van der Waals surface area (Å²) in [4.78, 5) is 0. The summed E-state index contributed by atoms with van der Waals surface area (Å²) in [5.41, 5.74) is 2.90. The molecule has 0 amide bonds. The van der Waals surface area contributed by atoms with E-state index in [-0.39, 0.29) is 12.4 Å². The van der Waals surface area contributed by atoms with Crippen LogP contribution in [0.25, 0.3) is 0 Å². The molecule has 3 aromatic carbocycles. The Morgan fingerprint density at radius 3 is 2.42 bits per heavy atom. The molecule has 0 fully saturated rings. The van der Waals surface area contributed by atoms with Crippen LogP contribution in [0.5, 0.6) is 17.2 Å². The predicted octanol–water partition coefficient (Wildman–Crippen LogP) is 6.17. The van der Waals surface area contributed by atoms with Crippen LogP contribution in [0.1, 0.15) is 16.7 Å². The quantitative estimate of drug-likeness (QED) is 0.333. The molecule has 0 aromatic heterocycles. The van der Waals surface area contributed by atoms with Crippen LogP contribution < -0.4 is 19.5 Å². The predicted molar refractivity (Wildman–Crippen MR) is 125 cm³/mol. The summed E-state index contributed by atoms with van der Waals surface area (Å²) in [6, 6.07) is 16.1. The molecule has 0 saturated carbocycles. The molecule has 0 aliphatic heterocycles. The highest BCUT2D eigenvalue weighted by molar-refractivity contribution is 9.10. The van der Waals surface area contributed by atoms with Crippen molar-refractivity contribution in [2.24, 2.45) is 0 Å². The van der Waals surface area contributed by atoms with Crippen molar-refractivity contribution in [3.8, 4) is 17.2 Å². The van der Waals surface area contributed by atoms with Gasteiger partial charge in [0.15, 0.2) is 11.5 Å². The number of rotatable bonds is 10. The topological polar surface area (TPSA) is 39.7 Å². The molecule has 1 N–H and O–H groups in total. The highest BCUT2D eigenvalue weighted by atomic mass is 79.9. The van der Waals surface area contributed by atoms with Crippen molar-refractivity contribution in [3.05, 3.63) is 86.6 Å². The van der Waals surface area contributed by atoms with E-state index < -0.39 is 0 Å². The number of nitrogens with one attached hydrogen (secondary N) is 1. The minimum absolute atomic E-state index is 0.263. The lowest BCUT2D eigenvalue weighted by molar-refractivity contribution is 0.302. The molecule has 7 heteroatoms. The van der Waals surface area contributed by atoms with Crippen LogP contribution in [-0.2, 0) is 19.6 Å². The molecule has 3 aromatic rings. The van der Waals surface area contributed by atoms with Gasteiger partial charge in [0.1, 0.15) is 18.2 Å². The number of benzene rings is 3. The van der Waals surface area contributed by atoms with E-state index in [1.54, 1.807) is 20.3 Å². The Bertz CT molecular complexity index is 1030. The van der Waals surface area contributed by atoms with Gasteiger partial charge in [-0.1, -0.05) is 39.7 Å². The summed E-state index contributed by atoms with van der Waals surface area (Å²) >= 11 is 9.62. The van der Waals surface area contributed by atoms with Gasteiger partial charge in [0.25, 0.3) is 0 Å². The second-order valence-electron chi connectivity index (χ2n) is 6.89. The van der Waals surface area contributed by atoms with E-state index in [0.29, 0.717) is 11.6 Å². The average molecular weight is 509 g/mol. The van der Waals surface area contributed by atoms with Crippen molar-refractivity contribution < 1.29 is 18.6 Å². The van der Waals surface area contributed by atoms with Crippen LogP contribution in [0.15, 0.2) is 59.1 Å². The first-order chi connectivity index (χ1) is 15.0. The van der Waals surface area contributed by atoms with Crippen LogP contribution in [0.3, 0.4) is 0 Å². The minimum atomic E-state index is -0.364. The maximum atomic E-state index is 13.2. The normalized spacial score (nSPS) is 10.7. The molecule has 0 radical (unpaired) electrons. The summed E-state index contributed by atoms with van der Waals surface area (Å²) in [5.74, 6) is 1.83.